The zero-order valence-electron chi connectivity index (χ0n) is 17.5. The van der Waals surface area contributed by atoms with Crippen LogP contribution in [0, 0.1) is 11.2 Å². The number of aromatic nitrogens is 3. The fourth-order valence-corrected chi connectivity index (χ4v) is 5.29. The van der Waals surface area contributed by atoms with Gasteiger partial charge in [0.1, 0.15) is 11.3 Å². The Morgan fingerprint density at radius 3 is 2.67 bits per heavy atom. The Morgan fingerprint density at radius 1 is 1.33 bits per heavy atom. The lowest BCUT2D eigenvalue weighted by atomic mass is 9.71. The Morgan fingerprint density at radius 2 is 2.07 bits per heavy atom. The highest BCUT2D eigenvalue weighted by Crippen LogP contribution is 2.42. The lowest BCUT2D eigenvalue weighted by molar-refractivity contribution is -0.117. The molecule has 3 N–H and O–H groups in total. The van der Waals surface area contributed by atoms with Crippen molar-refractivity contribution in [1.29, 1.82) is 0 Å². The summed E-state index contributed by atoms with van der Waals surface area (Å²) in [6.07, 6.45) is 5.06. The predicted molar refractivity (Wildman–Crippen MR) is 112 cm³/mol. The van der Waals surface area contributed by atoms with Gasteiger partial charge in [0.2, 0.25) is 0 Å². The molecule has 2 aromatic heterocycles. The third-order valence-electron chi connectivity index (χ3n) is 7.13. The van der Waals surface area contributed by atoms with E-state index in [-0.39, 0.29) is 16.4 Å². The summed E-state index contributed by atoms with van der Waals surface area (Å²) >= 11 is 0. The molecule has 0 spiro atoms. The highest BCUT2D eigenvalue weighted by molar-refractivity contribution is 6.05. The number of carbonyl (C=O) groups is 1. The highest BCUT2D eigenvalue weighted by atomic mass is 19.1. The smallest absolute Gasteiger partial charge is 0.251 e. The van der Waals surface area contributed by atoms with Crippen LogP contribution >= 0.6 is 0 Å². The fraction of sp³-hybridized carbons (Fsp3) is 0.545. The molecule has 160 valence electrons. The third kappa shape index (κ3) is 2.93. The van der Waals surface area contributed by atoms with Crippen LogP contribution in [0.4, 0.5) is 4.39 Å². The summed E-state index contributed by atoms with van der Waals surface area (Å²) < 4.78 is 21.2. The first kappa shape index (κ1) is 19.5. The molecule has 1 amide bonds. The SMILES string of the molecule is CCC1(c2c[nH]n3c2nc2cc(F)cc(C(N)=O)c23)CCN(CC2(C)COC2)CC1. The molecule has 3 aromatic rings. The van der Waals surface area contributed by atoms with Gasteiger partial charge in [-0.05, 0) is 38.4 Å². The van der Waals surface area contributed by atoms with Crippen molar-refractivity contribution in [1.82, 2.24) is 19.5 Å². The van der Waals surface area contributed by atoms with E-state index in [9.17, 15) is 9.18 Å². The molecule has 0 bridgehead atoms. The van der Waals surface area contributed by atoms with Gasteiger partial charge in [-0.3, -0.25) is 9.89 Å². The summed E-state index contributed by atoms with van der Waals surface area (Å²) in [6, 6.07) is 2.53. The summed E-state index contributed by atoms with van der Waals surface area (Å²) in [4.78, 5) is 19.1. The molecule has 0 saturated carbocycles. The van der Waals surface area contributed by atoms with E-state index in [1.165, 1.54) is 12.1 Å². The van der Waals surface area contributed by atoms with Gasteiger partial charge in [-0.25, -0.2) is 13.9 Å². The van der Waals surface area contributed by atoms with Crippen LogP contribution in [-0.4, -0.2) is 58.3 Å². The van der Waals surface area contributed by atoms with Crippen molar-refractivity contribution in [3.63, 3.8) is 0 Å². The number of ether oxygens (including phenoxy) is 1. The minimum absolute atomic E-state index is 0.00156. The van der Waals surface area contributed by atoms with Crippen LogP contribution in [0.3, 0.4) is 0 Å². The highest BCUT2D eigenvalue weighted by Gasteiger charge is 2.41. The summed E-state index contributed by atoms with van der Waals surface area (Å²) in [5.74, 6) is -1.17. The zero-order chi connectivity index (χ0) is 21.1. The number of halogens is 1. The number of primary amides is 1. The maximum absolute atomic E-state index is 14.0. The van der Waals surface area contributed by atoms with E-state index in [2.05, 4.69) is 23.8 Å². The third-order valence-corrected chi connectivity index (χ3v) is 7.13. The van der Waals surface area contributed by atoms with Crippen molar-refractivity contribution in [2.24, 2.45) is 11.1 Å². The van der Waals surface area contributed by atoms with Crippen LogP contribution in [0.5, 0.6) is 0 Å². The maximum Gasteiger partial charge on any atom is 0.251 e. The van der Waals surface area contributed by atoms with E-state index >= 15 is 0 Å². The van der Waals surface area contributed by atoms with Crippen LogP contribution in [-0.2, 0) is 10.2 Å². The molecule has 2 saturated heterocycles. The number of carbonyl (C=O) groups excluding carboxylic acids is 1. The van der Waals surface area contributed by atoms with Crippen LogP contribution in [0.1, 0.15) is 49.0 Å². The average Bonchev–Trinajstić information content (AvgIpc) is 3.26. The van der Waals surface area contributed by atoms with Gasteiger partial charge >= 0.3 is 0 Å². The molecule has 0 aliphatic carbocycles. The lowest BCUT2D eigenvalue weighted by Crippen LogP contribution is -2.52. The van der Waals surface area contributed by atoms with E-state index in [1.54, 1.807) is 4.52 Å². The lowest BCUT2D eigenvalue weighted by Gasteiger charge is -2.46. The number of hydrogen-bond donors (Lipinski definition) is 2. The zero-order valence-corrected chi connectivity index (χ0v) is 17.5. The van der Waals surface area contributed by atoms with Crippen molar-refractivity contribution in [3.05, 3.63) is 35.3 Å². The number of hydrogen-bond acceptors (Lipinski definition) is 4. The molecule has 0 radical (unpaired) electrons. The quantitative estimate of drug-likeness (QED) is 0.673. The molecule has 1 aromatic carbocycles. The first-order valence-electron chi connectivity index (χ1n) is 10.6. The second kappa shape index (κ2) is 6.78. The van der Waals surface area contributed by atoms with Gasteiger partial charge in [-0.15, -0.1) is 0 Å². The number of piperidine rings is 1. The second-order valence-electron chi connectivity index (χ2n) is 9.36. The summed E-state index contributed by atoms with van der Waals surface area (Å²) in [6.45, 7) is 9.34. The number of nitrogens with zero attached hydrogens (tertiary/aromatic N) is 3. The van der Waals surface area contributed by atoms with Crippen LogP contribution in [0.25, 0.3) is 16.7 Å². The van der Waals surface area contributed by atoms with E-state index in [1.807, 2.05) is 6.20 Å². The molecule has 2 aliphatic heterocycles. The molecule has 4 heterocycles. The van der Waals surface area contributed by atoms with Gasteiger partial charge < -0.3 is 15.4 Å². The molecule has 2 aliphatic rings. The summed E-state index contributed by atoms with van der Waals surface area (Å²) in [7, 11) is 0. The van der Waals surface area contributed by atoms with E-state index in [0.29, 0.717) is 11.0 Å². The molecule has 7 nitrogen and oxygen atoms in total. The number of likely N-dealkylation sites (tertiary alicyclic amines) is 1. The number of aromatic amines is 1. The topological polar surface area (TPSA) is 88.7 Å². The molecule has 0 unspecified atom stereocenters. The number of benzene rings is 1. The number of amides is 1. The van der Waals surface area contributed by atoms with Crippen LogP contribution in [0.2, 0.25) is 0 Å². The molecule has 2 fully saturated rings. The molecule has 0 atom stereocenters. The van der Waals surface area contributed by atoms with Gasteiger partial charge in [0.15, 0.2) is 5.65 Å². The Kier molecular flexibility index (Phi) is 4.41. The monoisotopic (exact) mass is 413 g/mol. The van der Waals surface area contributed by atoms with E-state index < -0.39 is 11.7 Å². The summed E-state index contributed by atoms with van der Waals surface area (Å²) in [5.41, 5.74) is 8.80. The van der Waals surface area contributed by atoms with Crippen molar-refractivity contribution in [3.8, 4) is 0 Å². The fourth-order valence-electron chi connectivity index (χ4n) is 5.29. The first-order chi connectivity index (χ1) is 14.3. The van der Waals surface area contributed by atoms with Gasteiger partial charge in [0.05, 0.1) is 24.3 Å². The van der Waals surface area contributed by atoms with E-state index in [4.69, 9.17) is 15.5 Å². The maximum atomic E-state index is 14.0. The Hall–Kier alpha value is -2.45. The molecule has 30 heavy (non-hydrogen) atoms. The van der Waals surface area contributed by atoms with Gasteiger partial charge in [0, 0.05) is 35.2 Å². The first-order valence-corrected chi connectivity index (χ1v) is 10.6. The number of nitrogens with one attached hydrogen (secondary N) is 1. The minimum atomic E-state index is -0.663. The number of imidazole rings is 1. The second-order valence-corrected chi connectivity index (χ2v) is 9.36. The van der Waals surface area contributed by atoms with Crippen molar-refractivity contribution < 1.29 is 13.9 Å². The van der Waals surface area contributed by atoms with Crippen molar-refractivity contribution in [2.45, 2.75) is 38.5 Å². The number of rotatable bonds is 5. The normalized spacial score (nSPS) is 21.2. The van der Waals surface area contributed by atoms with E-state index in [0.717, 1.165) is 63.3 Å². The predicted octanol–water partition coefficient (Wildman–Crippen LogP) is 2.83. The Balaban J connectivity index is 1.50. The average molecular weight is 413 g/mol. The Labute approximate surface area is 174 Å². The van der Waals surface area contributed by atoms with Gasteiger partial charge in [-0.1, -0.05) is 13.8 Å². The van der Waals surface area contributed by atoms with Crippen molar-refractivity contribution >= 4 is 22.6 Å². The molecule has 5 rings (SSSR count). The van der Waals surface area contributed by atoms with Crippen LogP contribution < -0.4 is 5.73 Å². The number of fused-ring (bicyclic) bond motifs is 3. The molecular weight excluding hydrogens is 385 g/mol. The minimum Gasteiger partial charge on any atom is -0.380 e. The Bertz CT molecular complexity index is 1120. The molecule has 8 heteroatoms. The number of H-pyrrole nitrogens is 1. The van der Waals surface area contributed by atoms with Gasteiger partial charge in [-0.2, -0.15) is 0 Å². The molecular formula is C22H28FN5O2. The van der Waals surface area contributed by atoms with Gasteiger partial charge in [0.25, 0.3) is 5.91 Å². The number of nitrogens with two attached hydrogens (primary N) is 1. The van der Waals surface area contributed by atoms with Crippen molar-refractivity contribution in [2.75, 3.05) is 32.8 Å². The summed E-state index contributed by atoms with van der Waals surface area (Å²) in [5, 5.41) is 3.24. The standard InChI is InChI=1S/C22H28FN5O2/c1-3-22(4-6-27(7-5-22)11-21(2)12-30-13-21)16-10-25-28-18-15(19(24)29)8-14(23)9-17(18)26-20(16)28/h8-10,25H,3-7,11-13H2,1-2H3,(H2,24,29). The van der Waals surface area contributed by atoms with Crippen LogP contribution in [0.15, 0.2) is 18.3 Å². The largest absolute Gasteiger partial charge is 0.380 e.